The van der Waals surface area contributed by atoms with Crippen LogP contribution in [0.1, 0.15) is 10.4 Å². The predicted octanol–water partition coefficient (Wildman–Crippen LogP) is 2.70. The van der Waals surface area contributed by atoms with Gasteiger partial charge in [0.25, 0.3) is 0 Å². The van der Waals surface area contributed by atoms with Crippen molar-refractivity contribution in [2.45, 2.75) is 6.54 Å². The van der Waals surface area contributed by atoms with Gasteiger partial charge in [0.15, 0.2) is 0 Å². The fourth-order valence-electron chi connectivity index (χ4n) is 1.81. The summed E-state index contributed by atoms with van der Waals surface area (Å²) in [6, 6.07) is 7.34. The number of fused-ring (bicyclic) bond motifs is 1. The summed E-state index contributed by atoms with van der Waals surface area (Å²) in [6.07, 6.45) is 4.00. The van der Waals surface area contributed by atoms with Gasteiger partial charge in [0.05, 0.1) is 11.1 Å². The molecule has 0 saturated heterocycles. The van der Waals surface area contributed by atoms with Crippen molar-refractivity contribution in [2.75, 3.05) is 12.0 Å². The number of benzene rings is 1. The number of aromatic carboxylic acids is 1. The minimum atomic E-state index is -0.866. The van der Waals surface area contributed by atoms with E-state index >= 15 is 0 Å². The van der Waals surface area contributed by atoms with Gasteiger partial charge in [-0.15, -0.1) is 0 Å². The fraction of sp³-hybridized carbons (Fsp3) is 0.250. The third-order valence-corrected chi connectivity index (χ3v) is 3.15. The minimum Gasteiger partial charge on any atom is -0.478 e. The number of thioether (sulfide) groups is 1. The topological polar surface area (TPSA) is 42.2 Å². The molecule has 0 saturated carbocycles. The van der Waals surface area contributed by atoms with E-state index in [1.165, 1.54) is 0 Å². The first-order chi connectivity index (χ1) is 7.74. The second kappa shape index (κ2) is 4.61. The molecule has 1 heterocycles. The Morgan fingerprint density at radius 1 is 1.44 bits per heavy atom. The highest BCUT2D eigenvalue weighted by Crippen LogP contribution is 2.20. The summed E-state index contributed by atoms with van der Waals surface area (Å²) in [5.41, 5.74) is 1.20. The normalized spacial score (nSPS) is 10.8. The number of aryl methyl sites for hydroxylation is 1. The second-order valence-corrected chi connectivity index (χ2v) is 4.54. The van der Waals surface area contributed by atoms with Crippen molar-refractivity contribution in [3.63, 3.8) is 0 Å². The summed E-state index contributed by atoms with van der Waals surface area (Å²) < 4.78 is 2.01. The molecule has 0 aliphatic heterocycles. The van der Waals surface area contributed by atoms with E-state index in [0.29, 0.717) is 5.56 Å². The number of carbonyl (C=O) groups is 1. The quantitative estimate of drug-likeness (QED) is 0.886. The first kappa shape index (κ1) is 11.1. The lowest BCUT2D eigenvalue weighted by molar-refractivity contribution is 0.0698. The van der Waals surface area contributed by atoms with Crippen LogP contribution < -0.4 is 0 Å². The van der Waals surface area contributed by atoms with Crippen molar-refractivity contribution in [2.24, 2.45) is 0 Å². The largest absolute Gasteiger partial charge is 0.478 e. The molecule has 0 unspecified atom stereocenters. The number of rotatable bonds is 4. The van der Waals surface area contributed by atoms with E-state index in [4.69, 9.17) is 5.11 Å². The summed E-state index contributed by atoms with van der Waals surface area (Å²) in [7, 11) is 0. The van der Waals surface area contributed by atoms with Crippen molar-refractivity contribution in [3.8, 4) is 0 Å². The lowest BCUT2D eigenvalue weighted by Crippen LogP contribution is -2.04. The molecule has 2 aromatic rings. The van der Waals surface area contributed by atoms with Gasteiger partial charge in [-0.05, 0) is 18.4 Å². The van der Waals surface area contributed by atoms with Gasteiger partial charge in [0.2, 0.25) is 0 Å². The summed E-state index contributed by atoms with van der Waals surface area (Å²) in [5, 5.41) is 10.1. The molecule has 1 N–H and O–H groups in total. The minimum absolute atomic E-state index is 0.378. The van der Waals surface area contributed by atoms with Gasteiger partial charge < -0.3 is 9.67 Å². The molecule has 1 aromatic carbocycles. The van der Waals surface area contributed by atoms with Crippen LogP contribution >= 0.6 is 11.8 Å². The van der Waals surface area contributed by atoms with Gasteiger partial charge in [-0.3, -0.25) is 0 Å². The molecule has 0 fully saturated rings. The molecule has 0 spiro atoms. The molecule has 3 nitrogen and oxygen atoms in total. The van der Waals surface area contributed by atoms with E-state index < -0.39 is 5.97 Å². The Morgan fingerprint density at radius 2 is 2.25 bits per heavy atom. The second-order valence-electron chi connectivity index (χ2n) is 3.55. The van der Waals surface area contributed by atoms with Gasteiger partial charge in [-0.2, -0.15) is 11.8 Å². The van der Waals surface area contributed by atoms with Crippen molar-refractivity contribution in [1.82, 2.24) is 4.57 Å². The van der Waals surface area contributed by atoms with Crippen LogP contribution in [-0.2, 0) is 6.54 Å². The number of aromatic nitrogens is 1. The lowest BCUT2D eigenvalue weighted by atomic mass is 10.1. The summed E-state index contributed by atoms with van der Waals surface area (Å²) in [4.78, 5) is 11.1. The molecular weight excluding hydrogens is 222 g/mol. The van der Waals surface area contributed by atoms with Crippen LogP contribution in [0, 0.1) is 0 Å². The van der Waals surface area contributed by atoms with E-state index in [0.717, 1.165) is 23.2 Å². The Labute approximate surface area is 98.1 Å². The average molecular weight is 235 g/mol. The van der Waals surface area contributed by atoms with E-state index in [1.54, 1.807) is 23.9 Å². The first-order valence-corrected chi connectivity index (χ1v) is 6.43. The number of carboxylic acid groups (broad SMARTS) is 1. The van der Waals surface area contributed by atoms with E-state index in [9.17, 15) is 4.79 Å². The smallest absolute Gasteiger partial charge is 0.337 e. The maximum absolute atomic E-state index is 11.1. The Morgan fingerprint density at radius 3 is 2.94 bits per heavy atom. The van der Waals surface area contributed by atoms with Crippen molar-refractivity contribution in [3.05, 3.63) is 36.0 Å². The highest BCUT2D eigenvalue weighted by molar-refractivity contribution is 7.98. The Bertz CT molecular complexity index is 519. The Kier molecular flexibility index (Phi) is 3.19. The SMILES string of the molecule is CSCCn1ccc2cccc(C(=O)O)c21. The lowest BCUT2D eigenvalue weighted by Gasteiger charge is -2.06. The van der Waals surface area contributed by atoms with E-state index in [-0.39, 0.29) is 0 Å². The third kappa shape index (κ3) is 1.93. The van der Waals surface area contributed by atoms with E-state index in [1.807, 2.05) is 29.2 Å². The molecule has 0 atom stereocenters. The maximum atomic E-state index is 11.1. The predicted molar refractivity (Wildman–Crippen MR) is 67.3 cm³/mol. The van der Waals surface area contributed by atoms with Gasteiger partial charge in [0, 0.05) is 23.9 Å². The zero-order valence-electron chi connectivity index (χ0n) is 9.01. The van der Waals surface area contributed by atoms with Crippen LogP contribution in [0.5, 0.6) is 0 Å². The van der Waals surface area contributed by atoms with Gasteiger partial charge >= 0.3 is 5.97 Å². The van der Waals surface area contributed by atoms with E-state index in [2.05, 4.69) is 0 Å². The molecule has 0 amide bonds. The third-order valence-electron chi connectivity index (χ3n) is 2.56. The van der Waals surface area contributed by atoms with Crippen molar-refractivity contribution < 1.29 is 9.90 Å². The highest BCUT2D eigenvalue weighted by Gasteiger charge is 2.11. The van der Waals surface area contributed by atoms with Crippen LogP contribution in [0.4, 0.5) is 0 Å². The van der Waals surface area contributed by atoms with Crippen LogP contribution in [0.2, 0.25) is 0 Å². The molecule has 1 aromatic heterocycles. The highest BCUT2D eigenvalue weighted by atomic mass is 32.2. The van der Waals surface area contributed by atoms with Gasteiger partial charge in [-0.1, -0.05) is 12.1 Å². The van der Waals surface area contributed by atoms with Crippen LogP contribution in [0.15, 0.2) is 30.5 Å². The van der Waals surface area contributed by atoms with Crippen molar-refractivity contribution in [1.29, 1.82) is 0 Å². The molecule has 0 aliphatic rings. The fourth-order valence-corrected chi connectivity index (χ4v) is 2.19. The zero-order chi connectivity index (χ0) is 11.5. The van der Waals surface area contributed by atoms with Crippen molar-refractivity contribution >= 4 is 28.6 Å². The molecule has 0 bridgehead atoms. The maximum Gasteiger partial charge on any atom is 0.337 e. The molecule has 4 heteroatoms. The van der Waals surface area contributed by atoms with Crippen LogP contribution in [0.3, 0.4) is 0 Å². The number of carboxylic acids is 1. The first-order valence-electron chi connectivity index (χ1n) is 5.04. The van der Waals surface area contributed by atoms with Crippen LogP contribution in [0.25, 0.3) is 10.9 Å². The molecule has 0 aliphatic carbocycles. The van der Waals surface area contributed by atoms with Crippen LogP contribution in [-0.4, -0.2) is 27.7 Å². The van der Waals surface area contributed by atoms with Gasteiger partial charge in [0.1, 0.15) is 0 Å². The number of hydrogen-bond acceptors (Lipinski definition) is 2. The summed E-state index contributed by atoms with van der Waals surface area (Å²) >= 11 is 1.75. The molecule has 84 valence electrons. The zero-order valence-corrected chi connectivity index (χ0v) is 9.83. The monoisotopic (exact) mass is 235 g/mol. The standard InChI is InChI=1S/C12H13NO2S/c1-16-8-7-13-6-5-9-3-2-4-10(11(9)13)12(14)15/h2-6H,7-8H2,1H3,(H,14,15). The Balaban J connectivity index is 2.54. The summed E-state index contributed by atoms with van der Waals surface area (Å²) in [5.74, 6) is 0.118. The molecule has 2 rings (SSSR count). The van der Waals surface area contributed by atoms with Gasteiger partial charge in [-0.25, -0.2) is 4.79 Å². The number of para-hydroxylation sites is 1. The molecular formula is C12H13NO2S. The summed E-state index contributed by atoms with van der Waals surface area (Å²) in [6.45, 7) is 0.842. The number of nitrogens with zero attached hydrogens (tertiary/aromatic N) is 1. The molecule has 16 heavy (non-hydrogen) atoms. The molecule has 0 radical (unpaired) electrons. The number of hydrogen-bond donors (Lipinski definition) is 1. The Hall–Kier alpha value is -1.42. The average Bonchev–Trinajstić information content (AvgIpc) is 2.69.